The van der Waals surface area contributed by atoms with Gasteiger partial charge in [0.05, 0.1) is 5.56 Å². The topological polar surface area (TPSA) is 78.0 Å². The molecule has 0 bridgehead atoms. The second-order valence-corrected chi connectivity index (χ2v) is 5.42. The fourth-order valence-corrected chi connectivity index (χ4v) is 2.11. The molecule has 8 heteroatoms. The third-order valence-corrected chi connectivity index (χ3v) is 3.40. The molecule has 1 N–H and O–H groups in total. The molecule has 0 aliphatic carbocycles. The maximum absolute atomic E-state index is 14.1. The van der Waals surface area contributed by atoms with Crippen molar-refractivity contribution in [1.29, 1.82) is 0 Å². The summed E-state index contributed by atoms with van der Waals surface area (Å²) in [5.41, 5.74) is 0.755. The summed E-state index contributed by atoms with van der Waals surface area (Å²) in [6.45, 7) is 2.24. The molecular weight excluding hydrogens is 287 g/mol. The summed E-state index contributed by atoms with van der Waals surface area (Å²) >= 11 is 0. The van der Waals surface area contributed by atoms with E-state index in [1.807, 2.05) is 21.0 Å². The van der Waals surface area contributed by atoms with Crippen LogP contribution in [-0.2, 0) is 0 Å². The summed E-state index contributed by atoms with van der Waals surface area (Å²) in [6, 6.07) is 4.57. The smallest absolute Gasteiger partial charge is 0.256 e. The number of nitrogens with one attached hydrogen (secondary N) is 1. The number of carbonyl (C=O) groups is 1. The van der Waals surface area contributed by atoms with Crippen molar-refractivity contribution < 1.29 is 9.18 Å². The second kappa shape index (κ2) is 6.50. The molecule has 2 rings (SSSR count). The lowest BCUT2D eigenvalue weighted by Gasteiger charge is -2.21. The first-order chi connectivity index (χ1) is 10.4. The Bertz CT molecular complexity index is 643. The maximum Gasteiger partial charge on any atom is 0.256 e. The predicted octanol–water partition coefficient (Wildman–Crippen LogP) is 1.28. The fraction of sp³-hybridized carbons (Fsp3) is 0.429. The van der Waals surface area contributed by atoms with Crippen molar-refractivity contribution in [2.45, 2.75) is 12.8 Å². The first-order valence-corrected chi connectivity index (χ1v) is 6.85. The largest absolute Gasteiger partial charge is 0.378 e. The van der Waals surface area contributed by atoms with Gasteiger partial charge < -0.3 is 9.80 Å². The highest BCUT2D eigenvalue weighted by atomic mass is 19.1. The molecule has 1 amide bonds. The lowest BCUT2D eigenvalue weighted by Crippen LogP contribution is -2.31. The lowest BCUT2D eigenvalue weighted by atomic mass is 10.1. The van der Waals surface area contributed by atoms with Crippen LogP contribution in [0.3, 0.4) is 0 Å². The SMILES string of the molecule is CC(CN(C)C(=O)c1ccc(N(C)C)cc1F)c1nn[nH]n1. The van der Waals surface area contributed by atoms with Crippen LogP contribution in [0.15, 0.2) is 18.2 Å². The van der Waals surface area contributed by atoms with Crippen molar-refractivity contribution in [2.75, 3.05) is 32.6 Å². The van der Waals surface area contributed by atoms with Gasteiger partial charge in [0, 0.05) is 39.3 Å². The normalized spacial score (nSPS) is 12.0. The van der Waals surface area contributed by atoms with Crippen LogP contribution in [-0.4, -0.2) is 59.1 Å². The van der Waals surface area contributed by atoms with E-state index < -0.39 is 5.82 Å². The summed E-state index contributed by atoms with van der Waals surface area (Å²) in [4.78, 5) is 15.6. The van der Waals surface area contributed by atoms with Crippen LogP contribution in [0.4, 0.5) is 10.1 Å². The van der Waals surface area contributed by atoms with Crippen LogP contribution in [0.5, 0.6) is 0 Å². The third kappa shape index (κ3) is 3.38. The number of aromatic nitrogens is 4. The van der Waals surface area contributed by atoms with E-state index in [4.69, 9.17) is 0 Å². The van der Waals surface area contributed by atoms with Gasteiger partial charge in [0.15, 0.2) is 5.82 Å². The number of nitrogens with zero attached hydrogens (tertiary/aromatic N) is 5. The van der Waals surface area contributed by atoms with Crippen molar-refractivity contribution in [1.82, 2.24) is 25.5 Å². The molecule has 0 spiro atoms. The standard InChI is InChI=1S/C14H19FN6O/c1-9(13-16-18-19-17-13)8-21(4)14(22)11-6-5-10(20(2)3)7-12(11)15/h5-7,9H,8H2,1-4H3,(H,16,17,18,19). The number of halogens is 1. The zero-order chi connectivity index (χ0) is 16.3. The van der Waals surface area contributed by atoms with Crippen molar-refractivity contribution in [3.63, 3.8) is 0 Å². The van der Waals surface area contributed by atoms with Gasteiger partial charge in [-0.1, -0.05) is 12.1 Å². The first kappa shape index (κ1) is 15.9. The molecule has 1 aromatic carbocycles. The molecule has 0 saturated carbocycles. The number of hydrogen-bond acceptors (Lipinski definition) is 5. The molecule has 0 fully saturated rings. The molecule has 0 aliphatic rings. The molecule has 1 heterocycles. The van der Waals surface area contributed by atoms with Gasteiger partial charge in [-0.2, -0.15) is 5.21 Å². The summed E-state index contributed by atoms with van der Waals surface area (Å²) in [6.07, 6.45) is 0. The van der Waals surface area contributed by atoms with Gasteiger partial charge in [-0.15, -0.1) is 10.2 Å². The van der Waals surface area contributed by atoms with Crippen LogP contribution < -0.4 is 4.90 Å². The molecule has 1 atom stereocenters. The van der Waals surface area contributed by atoms with E-state index >= 15 is 0 Å². The summed E-state index contributed by atoms with van der Waals surface area (Å²) < 4.78 is 14.1. The number of carbonyl (C=O) groups excluding carboxylic acids is 1. The molecule has 0 saturated heterocycles. The van der Waals surface area contributed by atoms with E-state index in [9.17, 15) is 9.18 Å². The molecule has 0 radical (unpaired) electrons. The summed E-state index contributed by atoms with van der Waals surface area (Å²) in [7, 11) is 5.25. The summed E-state index contributed by atoms with van der Waals surface area (Å²) in [5.74, 6) is -0.492. The number of hydrogen-bond donors (Lipinski definition) is 1. The van der Waals surface area contributed by atoms with Gasteiger partial charge >= 0.3 is 0 Å². The van der Waals surface area contributed by atoms with E-state index in [0.29, 0.717) is 18.1 Å². The Balaban J connectivity index is 2.10. The second-order valence-electron chi connectivity index (χ2n) is 5.42. The van der Waals surface area contributed by atoms with E-state index in [1.54, 1.807) is 18.0 Å². The highest BCUT2D eigenvalue weighted by Gasteiger charge is 2.20. The Kier molecular flexibility index (Phi) is 4.69. The Morgan fingerprint density at radius 3 is 2.64 bits per heavy atom. The van der Waals surface area contributed by atoms with Crippen molar-refractivity contribution in [2.24, 2.45) is 0 Å². The fourth-order valence-electron chi connectivity index (χ4n) is 2.11. The van der Waals surface area contributed by atoms with Crippen molar-refractivity contribution >= 4 is 11.6 Å². The van der Waals surface area contributed by atoms with E-state index in [-0.39, 0.29) is 17.4 Å². The maximum atomic E-state index is 14.1. The number of benzene rings is 1. The number of tetrazole rings is 1. The number of amides is 1. The van der Waals surface area contributed by atoms with Crippen LogP contribution in [0.1, 0.15) is 29.0 Å². The first-order valence-electron chi connectivity index (χ1n) is 6.85. The number of anilines is 1. The Morgan fingerprint density at radius 1 is 1.36 bits per heavy atom. The van der Waals surface area contributed by atoms with Crippen LogP contribution in [0.2, 0.25) is 0 Å². The number of aromatic amines is 1. The van der Waals surface area contributed by atoms with Crippen LogP contribution in [0, 0.1) is 5.82 Å². The average molecular weight is 306 g/mol. The van der Waals surface area contributed by atoms with E-state index in [1.165, 1.54) is 17.0 Å². The summed E-state index contributed by atoms with van der Waals surface area (Å²) in [5, 5.41) is 13.6. The molecule has 22 heavy (non-hydrogen) atoms. The number of H-pyrrole nitrogens is 1. The third-order valence-electron chi connectivity index (χ3n) is 3.40. The van der Waals surface area contributed by atoms with Gasteiger partial charge in [-0.3, -0.25) is 4.79 Å². The minimum absolute atomic E-state index is 0.0495. The zero-order valence-corrected chi connectivity index (χ0v) is 13.0. The molecule has 1 unspecified atom stereocenters. The molecular formula is C14H19FN6O. The lowest BCUT2D eigenvalue weighted by molar-refractivity contribution is 0.0782. The highest BCUT2D eigenvalue weighted by Crippen LogP contribution is 2.19. The van der Waals surface area contributed by atoms with Gasteiger partial charge in [0.25, 0.3) is 5.91 Å². The molecule has 0 aliphatic heterocycles. The monoisotopic (exact) mass is 306 g/mol. The van der Waals surface area contributed by atoms with Crippen molar-refractivity contribution in [3.05, 3.63) is 35.4 Å². The Hall–Kier alpha value is -2.51. The van der Waals surface area contributed by atoms with E-state index in [2.05, 4.69) is 20.6 Å². The van der Waals surface area contributed by atoms with Gasteiger partial charge in [-0.25, -0.2) is 4.39 Å². The van der Waals surface area contributed by atoms with Gasteiger partial charge in [-0.05, 0) is 18.2 Å². The molecule has 118 valence electrons. The minimum Gasteiger partial charge on any atom is -0.378 e. The Labute approximate surface area is 128 Å². The molecule has 7 nitrogen and oxygen atoms in total. The minimum atomic E-state index is -0.532. The predicted molar refractivity (Wildman–Crippen MR) is 80.3 cm³/mol. The molecule has 1 aromatic heterocycles. The van der Waals surface area contributed by atoms with E-state index in [0.717, 1.165) is 0 Å². The average Bonchev–Trinajstić information content (AvgIpc) is 3.00. The molecule has 2 aromatic rings. The number of likely N-dealkylation sites (N-methyl/N-ethyl adjacent to an activating group) is 1. The van der Waals surface area contributed by atoms with Crippen LogP contribution >= 0.6 is 0 Å². The zero-order valence-electron chi connectivity index (χ0n) is 13.0. The van der Waals surface area contributed by atoms with Gasteiger partial charge in [0.2, 0.25) is 0 Å². The quantitative estimate of drug-likeness (QED) is 0.900. The van der Waals surface area contributed by atoms with Gasteiger partial charge in [0.1, 0.15) is 5.82 Å². The number of rotatable bonds is 5. The van der Waals surface area contributed by atoms with Crippen LogP contribution in [0.25, 0.3) is 0 Å². The highest BCUT2D eigenvalue weighted by molar-refractivity contribution is 5.94. The Morgan fingerprint density at radius 2 is 2.09 bits per heavy atom. The van der Waals surface area contributed by atoms with Crippen molar-refractivity contribution in [3.8, 4) is 0 Å².